The lowest BCUT2D eigenvalue weighted by Crippen LogP contribution is -2.25. The first-order valence-corrected chi connectivity index (χ1v) is 3.32. The molecule has 0 aliphatic carbocycles. The van der Waals surface area contributed by atoms with Gasteiger partial charge in [-0.1, -0.05) is 6.92 Å². The first-order chi connectivity index (χ1) is 4.22. The van der Waals surface area contributed by atoms with E-state index in [2.05, 4.69) is 5.29 Å². The fraction of sp³-hybridized carbons (Fsp3) is 1.00. The van der Waals surface area contributed by atoms with Crippen LogP contribution in [0, 0.1) is 4.91 Å². The molecule has 0 unspecified atom stereocenters. The zero-order chi connectivity index (χ0) is 7.28. The largest absolute Gasteiger partial charge is 0.258 e. The summed E-state index contributed by atoms with van der Waals surface area (Å²) >= 11 is 0. The van der Waals surface area contributed by atoms with Crippen molar-refractivity contribution in [2.24, 2.45) is 5.29 Å². The van der Waals surface area contributed by atoms with Crippen molar-refractivity contribution in [2.75, 3.05) is 6.54 Å². The van der Waals surface area contributed by atoms with E-state index in [1.807, 2.05) is 20.8 Å². The van der Waals surface area contributed by atoms with Crippen LogP contribution in [0.3, 0.4) is 0 Å². The van der Waals surface area contributed by atoms with Crippen molar-refractivity contribution in [3.05, 3.63) is 4.91 Å². The molecule has 0 aromatic heterocycles. The van der Waals surface area contributed by atoms with E-state index in [0.717, 1.165) is 13.0 Å². The van der Waals surface area contributed by atoms with Gasteiger partial charge >= 0.3 is 0 Å². The fourth-order valence-electron chi connectivity index (χ4n) is 0.622. The Hall–Kier alpha value is -0.600. The highest BCUT2D eigenvalue weighted by Crippen LogP contribution is 1.98. The van der Waals surface area contributed by atoms with Crippen molar-refractivity contribution in [3.63, 3.8) is 0 Å². The zero-order valence-corrected chi connectivity index (χ0v) is 6.29. The summed E-state index contributed by atoms with van der Waals surface area (Å²) in [5, 5.41) is 4.40. The Balaban J connectivity index is 3.54. The van der Waals surface area contributed by atoms with Crippen LogP contribution < -0.4 is 0 Å². The number of nitroso groups, excluding NO2 is 1. The number of hydrogen-bond acceptors (Lipinski definition) is 2. The second-order valence-corrected chi connectivity index (χ2v) is 2.34. The molecule has 0 aromatic carbocycles. The minimum Gasteiger partial charge on any atom is -0.258 e. The number of rotatable bonds is 4. The minimum absolute atomic E-state index is 0.238. The Morgan fingerprint density at radius 2 is 2.11 bits per heavy atom. The van der Waals surface area contributed by atoms with Crippen LogP contribution in [0.2, 0.25) is 0 Å². The minimum atomic E-state index is 0.238. The van der Waals surface area contributed by atoms with Crippen LogP contribution in [0.1, 0.15) is 27.2 Å². The Bertz CT molecular complexity index is 83.1. The molecule has 0 aliphatic heterocycles. The van der Waals surface area contributed by atoms with Gasteiger partial charge in [-0.05, 0) is 20.3 Å². The van der Waals surface area contributed by atoms with Gasteiger partial charge in [0.15, 0.2) is 0 Å². The van der Waals surface area contributed by atoms with Crippen LogP contribution in [0.5, 0.6) is 0 Å². The molecule has 0 spiro atoms. The quantitative estimate of drug-likeness (QED) is 0.429. The van der Waals surface area contributed by atoms with E-state index in [9.17, 15) is 4.91 Å². The maximum Gasteiger partial charge on any atom is 0.0526 e. The molecule has 0 bridgehead atoms. The molecule has 3 heteroatoms. The topological polar surface area (TPSA) is 32.7 Å². The Labute approximate surface area is 56.0 Å². The van der Waals surface area contributed by atoms with Gasteiger partial charge in [0.05, 0.1) is 5.29 Å². The van der Waals surface area contributed by atoms with E-state index in [1.54, 1.807) is 5.01 Å². The van der Waals surface area contributed by atoms with Crippen LogP contribution in [0.15, 0.2) is 5.29 Å². The van der Waals surface area contributed by atoms with Crippen LogP contribution in [-0.4, -0.2) is 17.6 Å². The second-order valence-electron chi connectivity index (χ2n) is 2.34. The third kappa shape index (κ3) is 3.06. The summed E-state index contributed by atoms with van der Waals surface area (Å²) in [4.78, 5) is 10.0. The highest BCUT2D eigenvalue weighted by Gasteiger charge is 2.03. The van der Waals surface area contributed by atoms with Crippen LogP contribution in [0.4, 0.5) is 0 Å². The van der Waals surface area contributed by atoms with Crippen LogP contribution in [-0.2, 0) is 0 Å². The summed E-state index contributed by atoms with van der Waals surface area (Å²) in [6.07, 6.45) is 0.976. The highest BCUT2D eigenvalue weighted by molar-refractivity contribution is 4.54. The molecule has 54 valence electrons. The van der Waals surface area contributed by atoms with E-state index in [4.69, 9.17) is 0 Å². The number of hydrogen-bond donors (Lipinski definition) is 0. The zero-order valence-electron chi connectivity index (χ0n) is 6.29. The molecule has 0 N–H and O–H groups in total. The third-order valence-electron chi connectivity index (χ3n) is 1.15. The van der Waals surface area contributed by atoms with Crippen molar-refractivity contribution >= 4 is 0 Å². The predicted octanol–water partition coefficient (Wildman–Crippen LogP) is 1.79. The van der Waals surface area contributed by atoms with Gasteiger partial charge in [-0.2, -0.15) is 0 Å². The molecule has 0 radical (unpaired) electrons. The third-order valence-corrected chi connectivity index (χ3v) is 1.15. The van der Waals surface area contributed by atoms with Gasteiger partial charge in [-0.25, -0.2) is 0 Å². The molecule has 0 aliphatic rings. The van der Waals surface area contributed by atoms with Gasteiger partial charge in [0, 0.05) is 12.6 Å². The first kappa shape index (κ1) is 8.40. The van der Waals surface area contributed by atoms with Crippen molar-refractivity contribution in [1.29, 1.82) is 0 Å². The highest BCUT2D eigenvalue weighted by atomic mass is 16.3. The van der Waals surface area contributed by atoms with Crippen molar-refractivity contribution in [3.8, 4) is 0 Å². The van der Waals surface area contributed by atoms with Gasteiger partial charge in [-0.3, -0.25) is 5.01 Å². The van der Waals surface area contributed by atoms with E-state index < -0.39 is 0 Å². The van der Waals surface area contributed by atoms with E-state index in [1.165, 1.54) is 0 Å². The molecular weight excluding hydrogens is 116 g/mol. The molecule has 0 atom stereocenters. The molecule has 0 saturated heterocycles. The Morgan fingerprint density at radius 3 is 2.22 bits per heavy atom. The summed E-state index contributed by atoms with van der Waals surface area (Å²) in [5.74, 6) is 0. The molecule has 9 heavy (non-hydrogen) atoms. The SMILES string of the molecule is CCCN(N=O)C(C)C. The summed E-state index contributed by atoms with van der Waals surface area (Å²) in [7, 11) is 0. The first-order valence-electron chi connectivity index (χ1n) is 3.32. The molecular formula is C6H14N2O. The van der Waals surface area contributed by atoms with Gasteiger partial charge in [0.25, 0.3) is 0 Å². The van der Waals surface area contributed by atoms with Gasteiger partial charge in [0.1, 0.15) is 0 Å². The molecule has 0 fully saturated rings. The fourth-order valence-corrected chi connectivity index (χ4v) is 0.622. The number of nitrogens with zero attached hydrogens (tertiary/aromatic N) is 2. The van der Waals surface area contributed by atoms with Crippen LogP contribution in [0.25, 0.3) is 0 Å². The van der Waals surface area contributed by atoms with E-state index >= 15 is 0 Å². The molecule has 0 amide bonds. The maximum atomic E-state index is 10.0. The molecule has 0 heterocycles. The molecule has 3 nitrogen and oxygen atoms in total. The van der Waals surface area contributed by atoms with Crippen molar-refractivity contribution in [1.82, 2.24) is 5.01 Å². The summed E-state index contributed by atoms with van der Waals surface area (Å²) in [6, 6.07) is 0.238. The Kier molecular flexibility index (Phi) is 4.01. The van der Waals surface area contributed by atoms with Gasteiger partial charge in [-0.15, -0.1) is 4.91 Å². The Morgan fingerprint density at radius 1 is 1.56 bits per heavy atom. The monoisotopic (exact) mass is 130 g/mol. The lowest BCUT2D eigenvalue weighted by molar-refractivity contribution is 0.229. The average Bonchev–Trinajstić information content (AvgIpc) is 1.82. The summed E-state index contributed by atoms with van der Waals surface area (Å²) < 4.78 is 0. The molecule has 0 saturated carbocycles. The van der Waals surface area contributed by atoms with Gasteiger partial charge < -0.3 is 0 Å². The molecule has 0 aromatic rings. The van der Waals surface area contributed by atoms with Crippen molar-refractivity contribution in [2.45, 2.75) is 33.2 Å². The predicted molar refractivity (Wildman–Crippen MR) is 37.9 cm³/mol. The second kappa shape index (κ2) is 4.30. The lowest BCUT2D eigenvalue weighted by atomic mass is 10.3. The van der Waals surface area contributed by atoms with Gasteiger partial charge in [0.2, 0.25) is 0 Å². The standard InChI is InChI=1S/C6H14N2O/c1-4-5-8(7-9)6(2)3/h6H,4-5H2,1-3H3. The normalized spacial score (nSPS) is 9.78. The van der Waals surface area contributed by atoms with Crippen LogP contribution >= 0.6 is 0 Å². The smallest absolute Gasteiger partial charge is 0.0526 e. The maximum absolute atomic E-state index is 10.0. The van der Waals surface area contributed by atoms with E-state index in [0.29, 0.717) is 0 Å². The summed E-state index contributed by atoms with van der Waals surface area (Å²) in [5.41, 5.74) is 0. The van der Waals surface area contributed by atoms with Crippen molar-refractivity contribution < 1.29 is 0 Å². The van der Waals surface area contributed by atoms with E-state index in [-0.39, 0.29) is 6.04 Å². The summed E-state index contributed by atoms with van der Waals surface area (Å²) in [6.45, 7) is 6.70. The molecule has 0 rings (SSSR count). The average molecular weight is 130 g/mol. The lowest BCUT2D eigenvalue weighted by Gasteiger charge is -2.17.